The molecular weight excluding hydrogens is 466 g/mol. The van der Waals surface area contributed by atoms with Gasteiger partial charge in [0, 0.05) is 17.5 Å². The lowest BCUT2D eigenvalue weighted by molar-refractivity contribution is -0.0504. The molecule has 0 saturated carbocycles. The summed E-state index contributed by atoms with van der Waals surface area (Å²) in [5, 5.41) is 0. The Bertz CT molecular complexity index is 1110. The van der Waals surface area contributed by atoms with Crippen LogP contribution in [0.25, 0.3) is 0 Å². The van der Waals surface area contributed by atoms with Crippen LogP contribution >= 0.6 is 0 Å². The van der Waals surface area contributed by atoms with E-state index in [1.807, 2.05) is 0 Å². The van der Waals surface area contributed by atoms with Crippen LogP contribution in [0.15, 0.2) is 36.4 Å². The zero-order valence-electron chi connectivity index (χ0n) is 14.4. The first-order chi connectivity index (χ1) is 13.6. The van der Waals surface area contributed by atoms with Crippen LogP contribution in [0, 0.1) is 0 Å². The van der Waals surface area contributed by atoms with Crippen LogP contribution in [0.2, 0.25) is 0 Å². The zero-order chi connectivity index (χ0) is 22.5. The predicted molar refractivity (Wildman–Crippen MR) is 89.7 cm³/mol. The van der Waals surface area contributed by atoms with Gasteiger partial charge in [-0.3, -0.25) is 0 Å². The summed E-state index contributed by atoms with van der Waals surface area (Å²) in [6.45, 7) is 0. The summed E-state index contributed by atoms with van der Waals surface area (Å²) in [6, 6.07) is 7.32. The molecule has 0 spiro atoms. The van der Waals surface area contributed by atoms with E-state index in [1.165, 1.54) is 24.3 Å². The van der Waals surface area contributed by atoms with E-state index in [-0.39, 0.29) is 17.5 Å². The number of hydrogen-bond donors (Lipinski definition) is 0. The van der Waals surface area contributed by atoms with E-state index in [2.05, 4.69) is 8.37 Å². The Morgan fingerprint density at radius 2 is 1.00 bits per heavy atom. The van der Waals surface area contributed by atoms with E-state index in [1.54, 1.807) is 0 Å². The molecule has 3 rings (SSSR count). The van der Waals surface area contributed by atoms with Crippen LogP contribution < -0.4 is 8.37 Å². The highest BCUT2D eigenvalue weighted by atomic mass is 32.2. The molecule has 2 aromatic carbocycles. The minimum Gasteiger partial charge on any atom is -0.376 e. The standard InChI is InChI=1S/C16H10F6O6S2/c17-15(18,19)29(23,24)27-13-5-1-3-9-7-10-4-2-6-14(12(10)8-11(9)13)28-30(25,26)16(20,21)22/h1-6H,7-8H2. The van der Waals surface area contributed by atoms with Gasteiger partial charge in [0.15, 0.2) is 0 Å². The van der Waals surface area contributed by atoms with Crippen molar-refractivity contribution < 1.29 is 51.5 Å². The van der Waals surface area contributed by atoms with E-state index < -0.39 is 49.2 Å². The van der Waals surface area contributed by atoms with Crippen molar-refractivity contribution in [2.24, 2.45) is 0 Å². The SMILES string of the molecule is O=S(=O)(Oc1cccc2c1Cc1c(cccc1OS(=O)(=O)C(F)(F)F)C2)C(F)(F)F. The molecule has 0 aliphatic heterocycles. The van der Waals surface area contributed by atoms with Crippen molar-refractivity contribution in [2.75, 3.05) is 0 Å². The summed E-state index contributed by atoms with van der Waals surface area (Å²) in [5.74, 6) is -1.35. The molecule has 0 unspecified atom stereocenters. The molecule has 0 atom stereocenters. The third kappa shape index (κ3) is 4.05. The highest BCUT2D eigenvalue weighted by Gasteiger charge is 2.50. The molecule has 0 fully saturated rings. The molecule has 0 aromatic heterocycles. The van der Waals surface area contributed by atoms with Gasteiger partial charge in [-0.25, -0.2) is 0 Å². The molecular formula is C16H10F6O6S2. The first-order valence-electron chi connectivity index (χ1n) is 7.85. The second-order valence-electron chi connectivity index (χ2n) is 6.11. The summed E-state index contributed by atoms with van der Waals surface area (Å²) >= 11 is 0. The van der Waals surface area contributed by atoms with E-state index in [4.69, 9.17) is 0 Å². The second kappa shape index (κ2) is 7.04. The first-order valence-corrected chi connectivity index (χ1v) is 10.7. The Morgan fingerprint density at radius 3 is 1.33 bits per heavy atom. The van der Waals surface area contributed by atoms with Crippen molar-refractivity contribution in [3.63, 3.8) is 0 Å². The smallest absolute Gasteiger partial charge is 0.376 e. The number of hydrogen-bond acceptors (Lipinski definition) is 6. The maximum Gasteiger partial charge on any atom is 0.534 e. The molecule has 0 amide bonds. The van der Waals surface area contributed by atoms with E-state index in [9.17, 15) is 43.2 Å². The highest BCUT2D eigenvalue weighted by Crippen LogP contribution is 2.40. The van der Waals surface area contributed by atoms with Crippen LogP contribution in [0.4, 0.5) is 26.3 Å². The van der Waals surface area contributed by atoms with Gasteiger partial charge in [-0.05, 0) is 29.7 Å². The Balaban J connectivity index is 2.03. The molecule has 30 heavy (non-hydrogen) atoms. The van der Waals surface area contributed by atoms with Gasteiger partial charge < -0.3 is 8.37 Å². The Hall–Kier alpha value is -2.48. The van der Waals surface area contributed by atoms with Gasteiger partial charge in [-0.2, -0.15) is 43.2 Å². The van der Waals surface area contributed by atoms with Gasteiger partial charge in [0.1, 0.15) is 11.5 Å². The van der Waals surface area contributed by atoms with E-state index in [0.717, 1.165) is 12.1 Å². The second-order valence-corrected chi connectivity index (χ2v) is 9.18. The fourth-order valence-electron chi connectivity index (χ4n) is 2.82. The zero-order valence-corrected chi connectivity index (χ0v) is 16.0. The highest BCUT2D eigenvalue weighted by molar-refractivity contribution is 7.88. The molecule has 1 aliphatic carbocycles. The maximum atomic E-state index is 12.6. The van der Waals surface area contributed by atoms with Crippen molar-refractivity contribution in [1.29, 1.82) is 0 Å². The monoisotopic (exact) mass is 476 g/mol. The number of benzene rings is 2. The summed E-state index contributed by atoms with van der Waals surface area (Å²) in [4.78, 5) is 0. The largest absolute Gasteiger partial charge is 0.534 e. The van der Waals surface area contributed by atoms with Crippen LogP contribution in [0.1, 0.15) is 22.3 Å². The third-order valence-corrected chi connectivity index (χ3v) is 6.09. The van der Waals surface area contributed by atoms with Gasteiger partial charge >= 0.3 is 31.3 Å². The quantitative estimate of drug-likeness (QED) is 0.325. The number of rotatable bonds is 4. The fourth-order valence-corrected chi connectivity index (χ4v) is 3.80. The number of alkyl halides is 6. The lowest BCUT2D eigenvalue weighted by Gasteiger charge is -2.24. The molecule has 0 bridgehead atoms. The molecule has 2 aromatic rings. The summed E-state index contributed by atoms with van der Waals surface area (Å²) in [5.41, 5.74) is -10.8. The van der Waals surface area contributed by atoms with Gasteiger partial charge in [0.2, 0.25) is 0 Å². The van der Waals surface area contributed by atoms with Crippen LogP contribution in [-0.2, 0) is 33.1 Å². The Morgan fingerprint density at radius 1 is 0.633 bits per heavy atom. The van der Waals surface area contributed by atoms with Crippen molar-refractivity contribution >= 4 is 20.2 Å². The van der Waals surface area contributed by atoms with Crippen LogP contribution in [0.3, 0.4) is 0 Å². The van der Waals surface area contributed by atoms with Gasteiger partial charge in [-0.1, -0.05) is 24.3 Å². The van der Waals surface area contributed by atoms with Gasteiger partial charge in [0.05, 0.1) is 0 Å². The van der Waals surface area contributed by atoms with E-state index in [0.29, 0.717) is 11.1 Å². The summed E-state index contributed by atoms with van der Waals surface area (Å²) in [7, 11) is -12.0. The molecule has 1 aliphatic rings. The summed E-state index contributed by atoms with van der Waals surface area (Å²) in [6.07, 6.45) is -0.449. The molecule has 6 nitrogen and oxygen atoms in total. The normalized spacial score (nSPS) is 14.6. The fraction of sp³-hybridized carbons (Fsp3) is 0.250. The van der Waals surface area contributed by atoms with Crippen LogP contribution in [-0.4, -0.2) is 27.9 Å². The number of fused-ring (bicyclic) bond motifs is 2. The first kappa shape index (κ1) is 22.2. The van der Waals surface area contributed by atoms with Crippen molar-refractivity contribution in [3.8, 4) is 11.5 Å². The minimum absolute atomic E-state index is 0.0306. The van der Waals surface area contributed by atoms with Gasteiger partial charge in [0.25, 0.3) is 0 Å². The Labute approximate surface area is 166 Å². The number of halogens is 6. The van der Waals surface area contributed by atoms with Crippen molar-refractivity contribution in [2.45, 2.75) is 23.9 Å². The Kier molecular flexibility index (Phi) is 5.21. The molecule has 0 saturated heterocycles. The van der Waals surface area contributed by atoms with Crippen molar-refractivity contribution in [1.82, 2.24) is 0 Å². The minimum atomic E-state index is -6.00. The predicted octanol–water partition coefficient (Wildman–Crippen LogP) is 3.64. The molecule has 0 heterocycles. The molecule has 0 radical (unpaired) electrons. The van der Waals surface area contributed by atoms with Gasteiger partial charge in [-0.15, -0.1) is 0 Å². The maximum absolute atomic E-state index is 12.6. The lowest BCUT2D eigenvalue weighted by Crippen LogP contribution is -2.29. The summed E-state index contributed by atoms with van der Waals surface area (Å²) < 4.78 is 130. The molecule has 0 N–H and O–H groups in total. The topological polar surface area (TPSA) is 86.7 Å². The lowest BCUT2D eigenvalue weighted by atomic mass is 9.85. The molecule has 164 valence electrons. The average molecular weight is 476 g/mol. The molecule has 14 heteroatoms. The third-order valence-electron chi connectivity index (χ3n) is 4.16. The average Bonchev–Trinajstić information content (AvgIpc) is 2.58. The van der Waals surface area contributed by atoms with E-state index >= 15 is 0 Å². The van der Waals surface area contributed by atoms with Crippen molar-refractivity contribution in [3.05, 3.63) is 58.7 Å². The van der Waals surface area contributed by atoms with Crippen LogP contribution in [0.5, 0.6) is 11.5 Å².